The predicted octanol–water partition coefficient (Wildman–Crippen LogP) is 8.77. The molecule has 2 heterocycles. The van der Waals surface area contributed by atoms with Crippen molar-refractivity contribution in [3.8, 4) is 11.5 Å². The van der Waals surface area contributed by atoms with Crippen LogP contribution in [0, 0.1) is 0 Å². The minimum Gasteiger partial charge on any atom is -0.494 e. The van der Waals surface area contributed by atoms with E-state index in [0.717, 1.165) is 101 Å². The number of ether oxygens (including phenoxy) is 4. The van der Waals surface area contributed by atoms with Gasteiger partial charge < -0.3 is 29.2 Å². The van der Waals surface area contributed by atoms with E-state index in [1.807, 2.05) is 0 Å². The van der Waals surface area contributed by atoms with E-state index < -0.39 is 12.2 Å². The Kier molecular flexibility index (Phi) is 16.7. The zero-order valence-electron chi connectivity index (χ0n) is 28.8. The summed E-state index contributed by atoms with van der Waals surface area (Å²) in [5, 5.41) is 21.6. The fourth-order valence-corrected chi connectivity index (χ4v) is 6.77. The molecule has 258 valence electrons. The van der Waals surface area contributed by atoms with Crippen LogP contribution in [0.5, 0.6) is 11.5 Å². The molecule has 46 heavy (non-hydrogen) atoms. The molecule has 2 N–H and O–H groups in total. The summed E-state index contributed by atoms with van der Waals surface area (Å²) in [6.45, 7) is 5.86. The Morgan fingerprint density at radius 1 is 0.565 bits per heavy atom. The number of benzene rings is 2. The number of aliphatic hydroxyl groups excluding tert-OH is 2. The van der Waals surface area contributed by atoms with Gasteiger partial charge in [0.25, 0.3) is 0 Å². The lowest BCUT2D eigenvalue weighted by Crippen LogP contribution is -2.33. The van der Waals surface area contributed by atoms with Crippen molar-refractivity contribution in [3.63, 3.8) is 0 Å². The molecule has 0 spiro atoms. The Labute approximate surface area is 279 Å². The maximum Gasteiger partial charge on any atom is 0.119 e. The van der Waals surface area contributed by atoms with Crippen molar-refractivity contribution in [2.24, 2.45) is 0 Å². The first kappa shape index (κ1) is 36.7. The van der Waals surface area contributed by atoms with Gasteiger partial charge in [0.1, 0.15) is 11.5 Å². The van der Waals surface area contributed by atoms with E-state index >= 15 is 0 Å². The fraction of sp³-hybridized carbons (Fsp3) is 0.700. The first-order valence-corrected chi connectivity index (χ1v) is 18.7. The highest BCUT2D eigenvalue weighted by molar-refractivity contribution is 5.28. The molecule has 2 aliphatic heterocycles. The monoisotopic (exact) mass is 638 g/mol. The van der Waals surface area contributed by atoms with Gasteiger partial charge in [0.15, 0.2) is 0 Å². The van der Waals surface area contributed by atoms with Crippen molar-refractivity contribution >= 4 is 0 Å². The van der Waals surface area contributed by atoms with E-state index in [1.54, 1.807) is 0 Å². The summed E-state index contributed by atoms with van der Waals surface area (Å²) < 4.78 is 24.4. The van der Waals surface area contributed by atoms with E-state index in [0.29, 0.717) is 13.2 Å². The summed E-state index contributed by atoms with van der Waals surface area (Å²) in [4.78, 5) is 0. The molecule has 0 aromatic heterocycles. The van der Waals surface area contributed by atoms with Crippen molar-refractivity contribution in [2.75, 3.05) is 13.2 Å². The number of unbranched alkanes of at least 4 members (excludes halogenated alkanes) is 6. The molecule has 6 atom stereocenters. The number of aryl methyl sites for hydroxylation is 2. The topological polar surface area (TPSA) is 77.4 Å². The lowest BCUT2D eigenvalue weighted by Gasteiger charge is -2.24. The number of hydrogen-bond donors (Lipinski definition) is 2. The van der Waals surface area contributed by atoms with Crippen LogP contribution in [0.1, 0.15) is 128 Å². The minimum absolute atomic E-state index is 0.0245. The third-order valence-electron chi connectivity index (χ3n) is 9.75. The van der Waals surface area contributed by atoms with Crippen molar-refractivity contribution in [2.45, 2.75) is 166 Å². The average Bonchev–Trinajstić information content (AvgIpc) is 3.78. The Hall–Kier alpha value is -2.12. The molecule has 0 radical (unpaired) electrons. The molecular formula is C40H62O6. The van der Waals surface area contributed by atoms with Crippen LogP contribution in [0.3, 0.4) is 0 Å². The van der Waals surface area contributed by atoms with Crippen LogP contribution in [0.2, 0.25) is 0 Å². The Morgan fingerprint density at radius 2 is 0.978 bits per heavy atom. The standard InChI is InChI=1S/C40H62O6/c1-3-5-13-31-17-21-33(22-18-31)43-29-11-7-9-15-35(41)37-25-27-39(45-37)40-28-26-38(46-40)36(42)16-10-8-12-30-44-34-23-19-32(20-24-34)14-6-4-2/h17-24,35-42H,3-16,25-30H2,1-2H3/t35?,36?,37-,38-,39-,40-/m1/s1. The molecule has 0 aliphatic carbocycles. The third kappa shape index (κ3) is 12.8. The van der Waals surface area contributed by atoms with Crippen LogP contribution in [0.4, 0.5) is 0 Å². The van der Waals surface area contributed by atoms with Crippen LogP contribution in [0.15, 0.2) is 48.5 Å². The highest BCUT2D eigenvalue weighted by Crippen LogP contribution is 2.34. The summed E-state index contributed by atoms with van der Waals surface area (Å²) >= 11 is 0. The second-order valence-corrected chi connectivity index (χ2v) is 13.6. The molecule has 0 bridgehead atoms. The van der Waals surface area contributed by atoms with E-state index in [9.17, 15) is 10.2 Å². The van der Waals surface area contributed by atoms with Crippen molar-refractivity contribution in [1.82, 2.24) is 0 Å². The summed E-state index contributed by atoms with van der Waals surface area (Å²) in [5.74, 6) is 1.88. The molecule has 2 fully saturated rings. The van der Waals surface area contributed by atoms with Crippen LogP contribution >= 0.6 is 0 Å². The van der Waals surface area contributed by atoms with Gasteiger partial charge in [-0.25, -0.2) is 0 Å². The van der Waals surface area contributed by atoms with Gasteiger partial charge in [-0.15, -0.1) is 0 Å². The molecule has 2 aliphatic rings. The maximum atomic E-state index is 10.8. The maximum absolute atomic E-state index is 10.8. The third-order valence-corrected chi connectivity index (χ3v) is 9.75. The largest absolute Gasteiger partial charge is 0.494 e. The first-order chi connectivity index (χ1) is 22.6. The lowest BCUT2D eigenvalue weighted by atomic mass is 10.0. The van der Waals surface area contributed by atoms with Crippen molar-refractivity contribution in [3.05, 3.63) is 59.7 Å². The smallest absolute Gasteiger partial charge is 0.119 e. The molecule has 2 unspecified atom stereocenters. The first-order valence-electron chi connectivity index (χ1n) is 18.7. The summed E-state index contributed by atoms with van der Waals surface area (Å²) in [6.07, 6.45) is 17.2. The SMILES string of the molecule is CCCCc1ccc(OCCCCCC(O)[C@H]2CC[C@H]([C@H]3CC[C@H](C(O)CCCCCOc4ccc(CCCC)cc4)O3)O2)cc1. The van der Waals surface area contributed by atoms with Crippen LogP contribution in [-0.4, -0.2) is 60.1 Å². The van der Waals surface area contributed by atoms with E-state index in [-0.39, 0.29) is 24.4 Å². The minimum atomic E-state index is -0.432. The second-order valence-electron chi connectivity index (χ2n) is 13.6. The number of aliphatic hydroxyl groups is 2. The van der Waals surface area contributed by atoms with E-state index in [2.05, 4.69) is 62.4 Å². The molecule has 6 heteroatoms. The Balaban J connectivity index is 1.00. The van der Waals surface area contributed by atoms with Gasteiger partial charge in [0.2, 0.25) is 0 Å². The summed E-state index contributed by atoms with van der Waals surface area (Å²) in [6, 6.07) is 17.0. The lowest BCUT2D eigenvalue weighted by molar-refractivity contribution is -0.110. The number of rotatable bonds is 23. The Morgan fingerprint density at radius 3 is 1.37 bits per heavy atom. The molecule has 0 amide bonds. The number of hydrogen-bond acceptors (Lipinski definition) is 6. The van der Waals surface area contributed by atoms with Gasteiger partial charge in [-0.05, 0) is 125 Å². The van der Waals surface area contributed by atoms with Gasteiger partial charge in [0.05, 0.1) is 49.8 Å². The quantitative estimate of drug-likeness (QED) is 0.119. The molecule has 2 aromatic rings. The Bertz CT molecular complexity index is 971. The molecule has 2 aromatic carbocycles. The van der Waals surface area contributed by atoms with Crippen LogP contribution < -0.4 is 9.47 Å². The predicted molar refractivity (Wildman–Crippen MR) is 186 cm³/mol. The summed E-state index contributed by atoms with van der Waals surface area (Å²) in [7, 11) is 0. The fourth-order valence-electron chi connectivity index (χ4n) is 6.77. The highest BCUT2D eigenvalue weighted by atomic mass is 16.6. The van der Waals surface area contributed by atoms with Crippen molar-refractivity contribution < 1.29 is 29.2 Å². The second kappa shape index (κ2) is 21.0. The molecule has 4 rings (SSSR count). The molecule has 6 nitrogen and oxygen atoms in total. The summed E-state index contributed by atoms with van der Waals surface area (Å²) in [5.41, 5.74) is 2.75. The molecule has 2 saturated heterocycles. The zero-order valence-corrected chi connectivity index (χ0v) is 28.8. The van der Waals surface area contributed by atoms with Crippen LogP contribution in [0.25, 0.3) is 0 Å². The van der Waals surface area contributed by atoms with Crippen LogP contribution in [-0.2, 0) is 22.3 Å². The van der Waals surface area contributed by atoms with E-state index in [1.165, 1.54) is 36.8 Å². The zero-order chi connectivity index (χ0) is 32.4. The van der Waals surface area contributed by atoms with Gasteiger partial charge in [0, 0.05) is 0 Å². The highest BCUT2D eigenvalue weighted by Gasteiger charge is 2.40. The van der Waals surface area contributed by atoms with Gasteiger partial charge in [-0.2, -0.15) is 0 Å². The average molecular weight is 639 g/mol. The van der Waals surface area contributed by atoms with Gasteiger partial charge in [-0.3, -0.25) is 0 Å². The van der Waals surface area contributed by atoms with Gasteiger partial charge in [-0.1, -0.05) is 63.8 Å². The molecular weight excluding hydrogens is 576 g/mol. The van der Waals surface area contributed by atoms with Gasteiger partial charge >= 0.3 is 0 Å². The normalized spacial score (nSPS) is 22.6. The molecule has 0 saturated carbocycles. The van der Waals surface area contributed by atoms with E-state index in [4.69, 9.17) is 18.9 Å². The van der Waals surface area contributed by atoms with Crippen molar-refractivity contribution in [1.29, 1.82) is 0 Å².